The molecule has 0 unspecified atom stereocenters. The lowest BCUT2D eigenvalue weighted by molar-refractivity contribution is -0.119. The molecule has 1 aromatic heterocycles. The zero-order valence-corrected chi connectivity index (χ0v) is 19.2. The Kier molecular flexibility index (Phi) is 6.31. The summed E-state index contributed by atoms with van der Waals surface area (Å²) in [6.07, 6.45) is 4.28. The average Bonchev–Trinajstić information content (AvgIpc) is 2.86. The van der Waals surface area contributed by atoms with E-state index < -0.39 is 12.0 Å². The van der Waals surface area contributed by atoms with E-state index in [-0.39, 0.29) is 11.8 Å². The van der Waals surface area contributed by atoms with E-state index >= 15 is 0 Å². The molecule has 33 heavy (non-hydrogen) atoms. The van der Waals surface area contributed by atoms with Gasteiger partial charge in [-0.05, 0) is 53.4 Å². The van der Waals surface area contributed by atoms with Crippen LogP contribution in [0.3, 0.4) is 0 Å². The SMILES string of the molecule is CCc1ccc(NC(=O)[C@H]2c3cc(OC)c(OC)cc3C(=O)N(C)[C@H]2c2cccnc2)cc1. The van der Waals surface area contributed by atoms with E-state index in [1.165, 1.54) is 19.8 Å². The molecule has 0 spiro atoms. The topological polar surface area (TPSA) is 80.8 Å². The first-order valence-corrected chi connectivity index (χ1v) is 10.8. The zero-order chi connectivity index (χ0) is 23.5. The van der Waals surface area contributed by atoms with Crippen LogP contribution in [-0.4, -0.2) is 43.0 Å². The number of fused-ring (bicyclic) bond motifs is 1. The molecule has 1 aliphatic rings. The Morgan fingerprint density at radius 1 is 1.09 bits per heavy atom. The fraction of sp³-hybridized carbons (Fsp3) is 0.269. The van der Waals surface area contributed by atoms with Crippen LogP contribution in [0.2, 0.25) is 0 Å². The van der Waals surface area contributed by atoms with Crippen LogP contribution in [-0.2, 0) is 11.2 Å². The number of hydrogen-bond donors (Lipinski definition) is 1. The number of amides is 2. The molecule has 7 nitrogen and oxygen atoms in total. The van der Waals surface area contributed by atoms with Crippen LogP contribution >= 0.6 is 0 Å². The van der Waals surface area contributed by atoms with Crippen molar-refractivity contribution in [3.05, 3.63) is 83.2 Å². The Morgan fingerprint density at radius 3 is 2.39 bits per heavy atom. The number of likely N-dealkylation sites (N-methyl/N-ethyl adjacent to an activating group) is 1. The zero-order valence-electron chi connectivity index (χ0n) is 19.2. The molecule has 2 amide bonds. The fourth-order valence-corrected chi connectivity index (χ4v) is 4.34. The molecule has 1 aliphatic heterocycles. The smallest absolute Gasteiger partial charge is 0.254 e. The number of carbonyl (C=O) groups excluding carboxylic acids is 2. The first kappa shape index (κ1) is 22.3. The summed E-state index contributed by atoms with van der Waals surface area (Å²) in [6, 6.07) is 14.3. The van der Waals surface area contributed by atoms with Crippen LogP contribution in [0.15, 0.2) is 60.9 Å². The number of rotatable bonds is 6. The number of methoxy groups -OCH3 is 2. The number of aromatic nitrogens is 1. The van der Waals surface area contributed by atoms with Crippen LogP contribution in [0.25, 0.3) is 0 Å². The molecular weight excluding hydrogens is 418 g/mol. The van der Waals surface area contributed by atoms with Gasteiger partial charge in [-0.3, -0.25) is 14.6 Å². The predicted octanol–water partition coefficient (Wildman–Crippen LogP) is 4.21. The number of nitrogens with one attached hydrogen (secondary N) is 1. The van der Waals surface area contributed by atoms with E-state index in [0.717, 1.165) is 12.0 Å². The van der Waals surface area contributed by atoms with Gasteiger partial charge in [-0.15, -0.1) is 0 Å². The summed E-state index contributed by atoms with van der Waals surface area (Å²) < 4.78 is 10.9. The van der Waals surface area contributed by atoms with Crippen molar-refractivity contribution in [3.8, 4) is 11.5 Å². The number of anilines is 1. The maximum Gasteiger partial charge on any atom is 0.254 e. The Morgan fingerprint density at radius 2 is 1.79 bits per heavy atom. The second-order valence-electron chi connectivity index (χ2n) is 7.96. The minimum atomic E-state index is -0.683. The molecule has 1 N–H and O–H groups in total. The third kappa shape index (κ3) is 4.14. The number of ether oxygens (including phenoxy) is 2. The molecule has 2 atom stereocenters. The van der Waals surface area contributed by atoms with Gasteiger partial charge >= 0.3 is 0 Å². The average molecular weight is 446 g/mol. The summed E-state index contributed by atoms with van der Waals surface area (Å²) in [5.74, 6) is -0.203. The van der Waals surface area contributed by atoms with E-state index in [1.54, 1.807) is 42.5 Å². The molecular formula is C26H27N3O4. The molecule has 0 saturated carbocycles. The largest absolute Gasteiger partial charge is 0.493 e. The number of aryl methyl sites for hydroxylation is 1. The summed E-state index contributed by atoms with van der Waals surface area (Å²) in [7, 11) is 4.75. The first-order chi connectivity index (χ1) is 16.0. The molecule has 0 radical (unpaired) electrons. The van der Waals surface area contributed by atoms with Crippen LogP contribution < -0.4 is 14.8 Å². The molecule has 0 saturated heterocycles. The Balaban J connectivity index is 1.84. The maximum atomic E-state index is 13.7. The summed E-state index contributed by atoms with van der Waals surface area (Å²) in [6.45, 7) is 2.08. The Bertz CT molecular complexity index is 1160. The van der Waals surface area contributed by atoms with E-state index in [2.05, 4.69) is 17.2 Å². The number of nitrogens with zero attached hydrogens (tertiary/aromatic N) is 2. The van der Waals surface area contributed by atoms with Crippen molar-refractivity contribution in [1.82, 2.24) is 9.88 Å². The number of carbonyl (C=O) groups is 2. The van der Waals surface area contributed by atoms with Crippen molar-refractivity contribution in [2.75, 3.05) is 26.6 Å². The van der Waals surface area contributed by atoms with Crippen LogP contribution in [0, 0.1) is 0 Å². The Labute approximate surface area is 193 Å². The van der Waals surface area contributed by atoms with Gasteiger partial charge < -0.3 is 19.7 Å². The maximum absolute atomic E-state index is 13.7. The summed E-state index contributed by atoms with van der Waals surface area (Å²) >= 11 is 0. The van der Waals surface area contributed by atoms with Gasteiger partial charge in [0, 0.05) is 30.7 Å². The van der Waals surface area contributed by atoms with Gasteiger partial charge in [0.2, 0.25) is 5.91 Å². The predicted molar refractivity (Wildman–Crippen MR) is 126 cm³/mol. The number of hydrogen-bond acceptors (Lipinski definition) is 5. The van der Waals surface area contributed by atoms with Crippen molar-refractivity contribution in [1.29, 1.82) is 0 Å². The summed E-state index contributed by atoms with van der Waals surface area (Å²) in [4.78, 5) is 32.9. The lowest BCUT2D eigenvalue weighted by atomic mass is 9.79. The molecule has 0 bridgehead atoms. The van der Waals surface area contributed by atoms with Crippen LogP contribution in [0.1, 0.15) is 45.9 Å². The third-order valence-corrected chi connectivity index (χ3v) is 6.11. The normalized spacial score (nSPS) is 17.3. The quantitative estimate of drug-likeness (QED) is 0.615. The highest BCUT2D eigenvalue weighted by Crippen LogP contribution is 2.45. The van der Waals surface area contributed by atoms with Crippen molar-refractivity contribution in [2.24, 2.45) is 0 Å². The molecule has 4 rings (SSSR count). The summed E-state index contributed by atoms with van der Waals surface area (Å²) in [5, 5.41) is 3.04. The van der Waals surface area contributed by atoms with Gasteiger partial charge in [-0.25, -0.2) is 0 Å². The number of benzene rings is 2. The van der Waals surface area contributed by atoms with Gasteiger partial charge in [0.1, 0.15) is 0 Å². The minimum Gasteiger partial charge on any atom is -0.493 e. The summed E-state index contributed by atoms with van der Waals surface area (Å²) in [5.41, 5.74) is 3.66. The molecule has 0 aliphatic carbocycles. The highest BCUT2D eigenvalue weighted by Gasteiger charge is 2.43. The monoisotopic (exact) mass is 445 g/mol. The van der Waals surface area contributed by atoms with E-state index in [9.17, 15) is 9.59 Å². The third-order valence-electron chi connectivity index (χ3n) is 6.11. The Hall–Kier alpha value is -3.87. The van der Waals surface area contributed by atoms with Gasteiger partial charge in [0.25, 0.3) is 5.91 Å². The van der Waals surface area contributed by atoms with E-state index in [4.69, 9.17) is 9.47 Å². The second-order valence-corrected chi connectivity index (χ2v) is 7.96. The molecule has 0 fully saturated rings. The standard InChI is InChI=1S/C26H27N3O4/c1-5-16-8-10-18(11-9-16)28-25(30)23-19-13-21(32-3)22(33-4)14-20(19)26(31)29(2)24(23)17-7-6-12-27-15-17/h6-15,23-24H,5H2,1-4H3,(H,28,30)/t23-,24-/m0/s1. The van der Waals surface area contributed by atoms with Crippen molar-refractivity contribution >= 4 is 17.5 Å². The highest BCUT2D eigenvalue weighted by molar-refractivity contribution is 6.04. The van der Waals surface area contributed by atoms with Crippen LogP contribution in [0.4, 0.5) is 5.69 Å². The van der Waals surface area contributed by atoms with Gasteiger partial charge in [0.15, 0.2) is 11.5 Å². The number of pyridine rings is 1. The first-order valence-electron chi connectivity index (χ1n) is 10.8. The molecule has 170 valence electrons. The highest BCUT2D eigenvalue weighted by atomic mass is 16.5. The van der Waals surface area contributed by atoms with Gasteiger partial charge in [-0.2, -0.15) is 0 Å². The van der Waals surface area contributed by atoms with Crippen molar-refractivity contribution in [3.63, 3.8) is 0 Å². The second kappa shape index (κ2) is 9.32. The molecule has 3 aromatic rings. The molecule has 2 aromatic carbocycles. The van der Waals surface area contributed by atoms with Gasteiger partial charge in [-0.1, -0.05) is 25.1 Å². The molecule has 2 heterocycles. The van der Waals surface area contributed by atoms with E-state index in [1.807, 2.05) is 30.3 Å². The lowest BCUT2D eigenvalue weighted by Crippen LogP contribution is -2.44. The van der Waals surface area contributed by atoms with Crippen molar-refractivity contribution < 1.29 is 19.1 Å². The van der Waals surface area contributed by atoms with E-state index in [0.29, 0.717) is 28.3 Å². The lowest BCUT2D eigenvalue weighted by Gasteiger charge is -2.39. The minimum absolute atomic E-state index is 0.198. The van der Waals surface area contributed by atoms with Gasteiger partial charge in [0.05, 0.1) is 26.2 Å². The fourth-order valence-electron chi connectivity index (χ4n) is 4.34. The molecule has 7 heteroatoms. The van der Waals surface area contributed by atoms with Crippen LogP contribution in [0.5, 0.6) is 11.5 Å². The van der Waals surface area contributed by atoms with Crippen molar-refractivity contribution in [2.45, 2.75) is 25.3 Å².